The van der Waals surface area contributed by atoms with E-state index < -0.39 is 31.6 Å². The average molecular weight is 487 g/mol. The molecule has 134 valence electrons. The molecule has 1 aromatic carbocycles. The minimum Gasteiger partial charge on any atom is -0.480 e. The maximum atomic E-state index is 12.7. The fourth-order valence-corrected chi connectivity index (χ4v) is 4.46. The van der Waals surface area contributed by atoms with Crippen molar-refractivity contribution in [2.24, 2.45) is 0 Å². The predicted molar refractivity (Wildman–Crippen MR) is 94.9 cm³/mol. The summed E-state index contributed by atoms with van der Waals surface area (Å²) in [6.07, 6.45) is 0. The van der Waals surface area contributed by atoms with Crippen LogP contribution >= 0.6 is 31.9 Å². The normalized spacial score (nSPS) is 14.2. The molecular weight excluding hydrogens is 470 g/mol. The van der Waals surface area contributed by atoms with Crippen molar-refractivity contribution in [3.63, 3.8) is 0 Å². The van der Waals surface area contributed by atoms with Crippen molar-refractivity contribution >= 4 is 53.8 Å². The molecule has 0 radical (unpaired) electrons. The Morgan fingerprint density at radius 2 is 1.71 bits per heavy atom. The summed E-state index contributed by atoms with van der Waals surface area (Å²) in [6.45, 7) is 1.19. The largest absolute Gasteiger partial charge is 0.480 e. The van der Waals surface area contributed by atoms with Gasteiger partial charge in [0, 0.05) is 13.1 Å². The molecule has 0 bridgehead atoms. The maximum absolute atomic E-state index is 12.7. The summed E-state index contributed by atoms with van der Waals surface area (Å²) in [5.41, 5.74) is 0. The van der Waals surface area contributed by atoms with Gasteiger partial charge >= 0.3 is 11.9 Å². The highest BCUT2D eigenvalue weighted by molar-refractivity contribution is 9.10. The first-order valence-electron chi connectivity index (χ1n) is 6.93. The molecular formula is C14H17Br2NO6S. The summed E-state index contributed by atoms with van der Waals surface area (Å²) in [5.74, 6) is -1.82. The number of carboxylic acid groups (broad SMARTS) is 1. The number of esters is 1. The Balaban J connectivity index is 3.09. The molecule has 0 aliphatic heterocycles. The molecule has 0 aromatic heterocycles. The lowest BCUT2D eigenvalue weighted by atomic mass is 10.4. The van der Waals surface area contributed by atoms with Crippen LogP contribution in [0.5, 0.6) is 0 Å². The first kappa shape index (κ1) is 21.1. The zero-order valence-electron chi connectivity index (χ0n) is 12.8. The number of carbonyl (C=O) groups is 2. The molecule has 24 heavy (non-hydrogen) atoms. The predicted octanol–water partition coefficient (Wildman–Crippen LogP) is 1.85. The smallest absolute Gasteiger partial charge is 0.321 e. The van der Waals surface area contributed by atoms with Crippen molar-refractivity contribution in [2.75, 3.05) is 19.7 Å². The van der Waals surface area contributed by atoms with Crippen molar-refractivity contribution in [3.05, 3.63) is 30.3 Å². The number of halogens is 2. The number of carboxylic acids is 1. The molecule has 0 saturated carbocycles. The van der Waals surface area contributed by atoms with E-state index in [1.54, 1.807) is 25.1 Å². The molecule has 1 rings (SSSR count). The second kappa shape index (κ2) is 9.50. The molecule has 1 aromatic rings. The van der Waals surface area contributed by atoms with Gasteiger partial charge in [-0.05, 0) is 19.1 Å². The van der Waals surface area contributed by atoms with Gasteiger partial charge in [0.05, 0.1) is 11.5 Å². The monoisotopic (exact) mass is 485 g/mol. The van der Waals surface area contributed by atoms with Crippen molar-refractivity contribution in [2.45, 2.75) is 21.5 Å². The fraction of sp³-hybridized carbons (Fsp3) is 0.429. The Hall–Kier alpha value is -0.970. The topological polar surface area (TPSA) is 101 Å². The molecule has 0 amide bonds. The van der Waals surface area contributed by atoms with Gasteiger partial charge in [-0.1, -0.05) is 50.1 Å². The van der Waals surface area contributed by atoms with Gasteiger partial charge in [-0.15, -0.1) is 0 Å². The van der Waals surface area contributed by atoms with Crippen LogP contribution in [0.25, 0.3) is 0 Å². The third kappa shape index (κ3) is 5.83. The molecule has 0 spiro atoms. The third-order valence-corrected chi connectivity index (χ3v) is 6.11. The number of rotatable bonds is 9. The molecule has 0 aliphatic carbocycles. The number of nitrogens with zero attached hydrogens (tertiary/aromatic N) is 1. The zero-order chi connectivity index (χ0) is 18.3. The minimum atomic E-state index is -3.97. The average Bonchev–Trinajstić information content (AvgIpc) is 2.54. The molecule has 1 unspecified atom stereocenters. The summed E-state index contributed by atoms with van der Waals surface area (Å²) >= 11 is 6.02. The first-order valence-corrected chi connectivity index (χ1v) is 10.2. The minimum absolute atomic E-state index is 0.0126. The van der Waals surface area contributed by atoms with E-state index in [2.05, 4.69) is 31.9 Å². The van der Waals surface area contributed by atoms with E-state index in [-0.39, 0.29) is 24.6 Å². The number of alkyl halides is 2. The van der Waals surface area contributed by atoms with Crippen LogP contribution in [0.1, 0.15) is 6.92 Å². The SMILES string of the molecule is CCOC(=O)[C@H](Br)CN(CC(Br)C(=O)O)S(=O)(=O)c1ccccc1. The second-order valence-corrected chi connectivity index (χ2v) is 8.81. The van der Waals surface area contributed by atoms with Crippen LogP contribution in [0.4, 0.5) is 0 Å². The van der Waals surface area contributed by atoms with Gasteiger partial charge in [0.1, 0.15) is 9.65 Å². The standard InChI is InChI=1S/C14H17Br2NO6S/c1-2-23-14(20)12(16)9-17(8-11(15)13(18)19)24(21,22)10-6-4-3-5-7-10/h3-7,11-12H,2,8-9H2,1H3,(H,18,19)/t11?,12-/m1/s1. The Morgan fingerprint density at radius 3 is 2.21 bits per heavy atom. The Bertz CT molecular complexity index is 667. The summed E-state index contributed by atoms with van der Waals surface area (Å²) in [5, 5.41) is 9.02. The number of aliphatic carboxylic acids is 1. The van der Waals surface area contributed by atoms with Crippen LogP contribution in [0, 0.1) is 0 Å². The first-order chi connectivity index (χ1) is 11.2. The van der Waals surface area contributed by atoms with E-state index in [0.29, 0.717) is 0 Å². The van der Waals surface area contributed by atoms with Crippen molar-refractivity contribution in [1.29, 1.82) is 0 Å². The van der Waals surface area contributed by atoms with Gasteiger partial charge in [0.25, 0.3) is 0 Å². The van der Waals surface area contributed by atoms with Gasteiger partial charge in [-0.3, -0.25) is 9.59 Å². The van der Waals surface area contributed by atoms with Crippen molar-refractivity contribution in [3.8, 4) is 0 Å². The van der Waals surface area contributed by atoms with Crippen molar-refractivity contribution < 1.29 is 27.9 Å². The number of sulfonamides is 1. The Morgan fingerprint density at radius 1 is 1.17 bits per heavy atom. The van der Waals surface area contributed by atoms with Gasteiger partial charge in [-0.25, -0.2) is 8.42 Å². The van der Waals surface area contributed by atoms with Gasteiger partial charge in [0.2, 0.25) is 10.0 Å². The molecule has 0 aliphatic rings. The van der Waals surface area contributed by atoms with E-state index in [1.165, 1.54) is 12.1 Å². The van der Waals surface area contributed by atoms with E-state index in [0.717, 1.165) is 4.31 Å². The highest BCUT2D eigenvalue weighted by atomic mass is 79.9. The lowest BCUT2D eigenvalue weighted by Gasteiger charge is -2.25. The summed E-state index contributed by atoms with van der Waals surface area (Å²) in [4.78, 5) is 20.8. The fourth-order valence-electron chi connectivity index (χ4n) is 1.76. The second-order valence-electron chi connectivity index (χ2n) is 4.66. The summed E-state index contributed by atoms with van der Waals surface area (Å²) in [7, 11) is -3.97. The molecule has 0 saturated heterocycles. The zero-order valence-corrected chi connectivity index (χ0v) is 16.8. The van der Waals surface area contributed by atoms with Gasteiger partial charge < -0.3 is 9.84 Å². The Labute approximate surface area is 157 Å². The molecule has 7 nitrogen and oxygen atoms in total. The number of benzene rings is 1. The lowest BCUT2D eigenvalue weighted by Crippen LogP contribution is -2.43. The highest BCUT2D eigenvalue weighted by Gasteiger charge is 2.32. The molecule has 2 atom stereocenters. The number of carbonyl (C=O) groups excluding carboxylic acids is 1. The molecule has 0 fully saturated rings. The van der Waals surface area contributed by atoms with Gasteiger partial charge in [0.15, 0.2) is 0 Å². The Kier molecular flexibility index (Phi) is 8.34. The van der Waals surface area contributed by atoms with Crippen LogP contribution in [0.15, 0.2) is 35.2 Å². The van der Waals surface area contributed by atoms with E-state index >= 15 is 0 Å². The van der Waals surface area contributed by atoms with Crippen LogP contribution < -0.4 is 0 Å². The number of ether oxygens (including phenoxy) is 1. The summed E-state index contributed by atoms with van der Waals surface area (Å²) in [6, 6.07) is 7.59. The van der Waals surface area contributed by atoms with Crippen molar-refractivity contribution in [1.82, 2.24) is 4.31 Å². The highest BCUT2D eigenvalue weighted by Crippen LogP contribution is 2.20. The van der Waals surface area contributed by atoms with Gasteiger partial charge in [-0.2, -0.15) is 4.31 Å². The molecule has 10 heteroatoms. The third-order valence-electron chi connectivity index (χ3n) is 2.92. The molecule has 1 N–H and O–H groups in total. The summed E-state index contributed by atoms with van der Waals surface area (Å²) < 4.78 is 31.3. The number of hydrogen-bond donors (Lipinski definition) is 1. The quantitative estimate of drug-likeness (QED) is 0.422. The molecule has 0 heterocycles. The van der Waals surface area contributed by atoms with Crippen LogP contribution in [-0.4, -0.2) is 59.1 Å². The maximum Gasteiger partial charge on any atom is 0.321 e. The van der Waals surface area contributed by atoms with Crippen LogP contribution in [-0.2, 0) is 24.3 Å². The van der Waals surface area contributed by atoms with E-state index in [9.17, 15) is 18.0 Å². The lowest BCUT2D eigenvalue weighted by molar-refractivity contribution is -0.142. The van der Waals surface area contributed by atoms with Crippen LogP contribution in [0.2, 0.25) is 0 Å². The number of hydrogen-bond acceptors (Lipinski definition) is 5. The van der Waals surface area contributed by atoms with E-state index in [1.807, 2.05) is 0 Å². The van der Waals surface area contributed by atoms with Crippen LogP contribution in [0.3, 0.4) is 0 Å². The van der Waals surface area contributed by atoms with E-state index in [4.69, 9.17) is 9.84 Å².